The van der Waals surface area contributed by atoms with E-state index in [1.165, 1.54) is 0 Å². The van der Waals surface area contributed by atoms with Gasteiger partial charge in [0.1, 0.15) is 12.4 Å². The van der Waals surface area contributed by atoms with Crippen LogP contribution < -0.4 is 15.6 Å². The maximum atomic E-state index is 13.0. The summed E-state index contributed by atoms with van der Waals surface area (Å²) in [6, 6.07) is 12.4. The summed E-state index contributed by atoms with van der Waals surface area (Å²) in [6.07, 6.45) is 0. The van der Waals surface area contributed by atoms with Gasteiger partial charge in [-0.3, -0.25) is 9.36 Å². The summed E-state index contributed by atoms with van der Waals surface area (Å²) >= 11 is 13.7. The van der Waals surface area contributed by atoms with Crippen LogP contribution in [0.1, 0.15) is 18.2 Å². The van der Waals surface area contributed by atoms with E-state index in [2.05, 4.69) is 15.5 Å². The average molecular weight is 451 g/mol. The first-order valence-corrected chi connectivity index (χ1v) is 10.8. The summed E-state index contributed by atoms with van der Waals surface area (Å²) in [5, 5.41) is 12.7. The first kappa shape index (κ1) is 21.5. The van der Waals surface area contributed by atoms with Gasteiger partial charge in [0.15, 0.2) is 5.69 Å². The molecule has 1 heterocycles. The fraction of sp³-hybridized carbons (Fsp3) is 0.250. The van der Waals surface area contributed by atoms with Gasteiger partial charge in [-0.05, 0) is 54.6 Å². The zero-order chi connectivity index (χ0) is 20.8. The monoisotopic (exact) mass is 450 g/mol. The van der Waals surface area contributed by atoms with E-state index in [0.717, 1.165) is 17.0 Å². The topological polar surface area (TPSA) is 69.0 Å². The summed E-state index contributed by atoms with van der Waals surface area (Å²) in [7, 11) is 0. The van der Waals surface area contributed by atoms with Gasteiger partial charge in [-0.2, -0.15) is 0 Å². The molecule has 3 rings (SSSR count). The molecule has 3 aromatic rings. The van der Waals surface area contributed by atoms with Crippen LogP contribution >= 0.6 is 35.0 Å². The molecule has 0 aliphatic carbocycles. The number of rotatable bonds is 8. The lowest BCUT2D eigenvalue weighted by atomic mass is 10.2. The highest BCUT2D eigenvalue weighted by atomic mass is 35.5. The Bertz CT molecular complexity index is 1040. The van der Waals surface area contributed by atoms with E-state index < -0.39 is 0 Å². The first-order chi connectivity index (χ1) is 14.0. The van der Waals surface area contributed by atoms with E-state index in [-0.39, 0.29) is 17.9 Å². The zero-order valence-corrected chi connectivity index (χ0v) is 18.3. The van der Waals surface area contributed by atoms with Gasteiger partial charge in [-0.1, -0.05) is 36.2 Å². The maximum Gasteiger partial charge on any atom is 0.281 e. The van der Waals surface area contributed by atoms with Crippen LogP contribution in [-0.2, 0) is 12.5 Å². The van der Waals surface area contributed by atoms with Gasteiger partial charge < -0.3 is 10.1 Å². The fourth-order valence-electron chi connectivity index (χ4n) is 2.49. The van der Waals surface area contributed by atoms with Crippen LogP contribution in [0.3, 0.4) is 0 Å². The van der Waals surface area contributed by atoms with Crippen molar-refractivity contribution < 1.29 is 4.74 Å². The summed E-state index contributed by atoms with van der Waals surface area (Å²) in [6.45, 7) is 3.94. The molecule has 0 spiro atoms. The second-order valence-corrected chi connectivity index (χ2v) is 8.19. The van der Waals surface area contributed by atoms with Crippen molar-refractivity contribution in [1.82, 2.24) is 14.8 Å². The normalized spacial score (nSPS) is 10.8. The minimum absolute atomic E-state index is 0.0146. The Kier molecular flexibility index (Phi) is 7.41. The molecule has 0 unspecified atom stereocenters. The number of ether oxygens (including phenoxy) is 1. The molecular weight excluding hydrogens is 431 g/mol. The zero-order valence-electron chi connectivity index (χ0n) is 16.0. The van der Waals surface area contributed by atoms with E-state index >= 15 is 0 Å². The molecule has 2 aromatic carbocycles. The van der Waals surface area contributed by atoms with Crippen LogP contribution in [0, 0.1) is 6.92 Å². The van der Waals surface area contributed by atoms with E-state index in [4.69, 9.17) is 27.9 Å². The highest BCUT2D eigenvalue weighted by Crippen LogP contribution is 2.25. The summed E-state index contributed by atoms with van der Waals surface area (Å²) in [5.41, 5.74) is 1.61. The van der Waals surface area contributed by atoms with Crippen molar-refractivity contribution in [3.05, 3.63) is 74.1 Å². The molecule has 1 aromatic heterocycles. The van der Waals surface area contributed by atoms with Crippen molar-refractivity contribution in [3.8, 4) is 5.75 Å². The van der Waals surface area contributed by atoms with Crippen LogP contribution in [0.25, 0.3) is 0 Å². The first-order valence-electron chi connectivity index (χ1n) is 8.94. The highest BCUT2D eigenvalue weighted by molar-refractivity contribution is 7.98. The number of hydrogen-bond acceptors (Lipinski definition) is 6. The summed E-state index contributed by atoms with van der Waals surface area (Å²) < 4.78 is 7.22. The van der Waals surface area contributed by atoms with Crippen molar-refractivity contribution in [2.24, 2.45) is 0 Å². The van der Waals surface area contributed by atoms with Gasteiger partial charge >= 0.3 is 0 Å². The molecule has 0 saturated carbocycles. The Balaban J connectivity index is 1.87. The Labute approximate surface area is 183 Å². The third-order valence-corrected chi connectivity index (χ3v) is 5.65. The van der Waals surface area contributed by atoms with E-state index in [9.17, 15) is 4.79 Å². The maximum absolute atomic E-state index is 13.0. The van der Waals surface area contributed by atoms with Crippen LogP contribution in [0.5, 0.6) is 5.75 Å². The molecule has 1 N–H and O–H groups in total. The van der Waals surface area contributed by atoms with Crippen molar-refractivity contribution in [1.29, 1.82) is 0 Å². The molecule has 0 amide bonds. The van der Waals surface area contributed by atoms with Crippen LogP contribution in [-0.4, -0.2) is 20.5 Å². The standard InChI is InChI=1S/C20H20Cl2N4O2S/c1-3-29-12-26-19(27)18(11-28-15-9-7-14(21)8-10-15)24-25-20(26)23-17-6-4-5-16(22)13(17)2/h4-10H,3,11-12H2,1-2H3,(H,23,25). The lowest BCUT2D eigenvalue weighted by Crippen LogP contribution is -2.29. The average Bonchev–Trinajstić information content (AvgIpc) is 2.71. The Morgan fingerprint density at radius 2 is 1.90 bits per heavy atom. The number of nitrogens with one attached hydrogen (secondary N) is 1. The fourth-order valence-corrected chi connectivity index (χ4v) is 3.39. The molecule has 29 heavy (non-hydrogen) atoms. The summed E-state index contributed by atoms with van der Waals surface area (Å²) in [4.78, 5) is 13.0. The van der Waals surface area contributed by atoms with Crippen LogP contribution in [0.4, 0.5) is 11.6 Å². The lowest BCUT2D eigenvalue weighted by Gasteiger charge is -2.15. The van der Waals surface area contributed by atoms with Gasteiger partial charge in [-0.15, -0.1) is 22.0 Å². The van der Waals surface area contributed by atoms with Gasteiger partial charge in [0.25, 0.3) is 5.56 Å². The number of anilines is 2. The third-order valence-electron chi connectivity index (χ3n) is 4.14. The minimum atomic E-state index is -0.253. The molecule has 6 nitrogen and oxygen atoms in total. The van der Waals surface area contributed by atoms with E-state index in [0.29, 0.717) is 27.6 Å². The van der Waals surface area contributed by atoms with Crippen LogP contribution in [0.15, 0.2) is 47.3 Å². The minimum Gasteiger partial charge on any atom is -0.487 e. The molecule has 9 heteroatoms. The highest BCUT2D eigenvalue weighted by Gasteiger charge is 2.14. The molecule has 0 aliphatic rings. The van der Waals surface area contributed by atoms with Gasteiger partial charge in [0.2, 0.25) is 5.95 Å². The SMILES string of the molecule is CCSCn1c(Nc2cccc(Cl)c2C)nnc(COc2ccc(Cl)cc2)c1=O. The number of hydrogen-bond donors (Lipinski definition) is 1. The number of benzene rings is 2. The predicted octanol–water partition coefficient (Wildman–Crippen LogP) is 5.29. The third kappa shape index (κ3) is 5.44. The molecule has 152 valence electrons. The number of aromatic nitrogens is 3. The summed E-state index contributed by atoms with van der Waals surface area (Å²) in [5.74, 6) is 2.26. The van der Waals surface area contributed by atoms with Crippen LogP contribution in [0.2, 0.25) is 10.0 Å². The molecule has 0 bridgehead atoms. The molecule has 0 atom stereocenters. The number of halogens is 2. The van der Waals surface area contributed by atoms with Gasteiger partial charge in [-0.25, -0.2) is 0 Å². The second-order valence-electron chi connectivity index (χ2n) is 6.11. The number of nitrogens with zero attached hydrogens (tertiary/aromatic N) is 3. The van der Waals surface area contributed by atoms with Crippen molar-refractivity contribution in [2.75, 3.05) is 11.1 Å². The molecule has 0 saturated heterocycles. The van der Waals surface area contributed by atoms with Gasteiger partial charge in [0, 0.05) is 15.7 Å². The molecule has 0 aliphatic heterocycles. The van der Waals surface area contributed by atoms with Crippen molar-refractivity contribution in [2.45, 2.75) is 26.3 Å². The van der Waals surface area contributed by atoms with Crippen molar-refractivity contribution in [3.63, 3.8) is 0 Å². The quantitative estimate of drug-likeness (QED) is 0.502. The predicted molar refractivity (Wildman–Crippen MR) is 120 cm³/mol. The van der Waals surface area contributed by atoms with Gasteiger partial charge in [0.05, 0.1) is 5.88 Å². The Morgan fingerprint density at radius 1 is 1.14 bits per heavy atom. The van der Waals surface area contributed by atoms with E-state index in [1.807, 2.05) is 32.0 Å². The number of thioether (sulfide) groups is 1. The second kappa shape index (κ2) is 10.0. The molecule has 0 radical (unpaired) electrons. The lowest BCUT2D eigenvalue weighted by molar-refractivity contribution is 0.296. The molecule has 0 fully saturated rings. The smallest absolute Gasteiger partial charge is 0.281 e. The molecular formula is C20H20Cl2N4O2S. The van der Waals surface area contributed by atoms with Crippen molar-refractivity contribution >= 4 is 46.6 Å². The van der Waals surface area contributed by atoms with E-state index in [1.54, 1.807) is 40.6 Å². The largest absolute Gasteiger partial charge is 0.487 e. The Hall–Kier alpha value is -2.22. The Morgan fingerprint density at radius 3 is 2.62 bits per heavy atom.